The quantitative estimate of drug-likeness (QED) is 0.707. The van der Waals surface area contributed by atoms with Gasteiger partial charge in [0.25, 0.3) is 0 Å². The number of hydrogen-bond donors (Lipinski definition) is 3. The number of anilines is 3. The number of halogens is 3. The zero-order valence-corrected chi connectivity index (χ0v) is 14.3. The number of hydrogen-bond acceptors (Lipinski definition) is 6. The van der Waals surface area contributed by atoms with E-state index in [0.717, 1.165) is 11.8 Å². The maximum absolute atomic E-state index is 13.2. The lowest BCUT2D eigenvalue weighted by molar-refractivity contribution is -0.137. The Balaban J connectivity index is 1.87. The molecule has 1 aliphatic heterocycles. The van der Waals surface area contributed by atoms with Crippen LogP contribution in [0.3, 0.4) is 0 Å². The zero-order valence-electron chi connectivity index (χ0n) is 14.3. The van der Waals surface area contributed by atoms with Gasteiger partial charge in [-0.15, -0.1) is 0 Å². The van der Waals surface area contributed by atoms with E-state index in [-0.39, 0.29) is 24.4 Å². The molecule has 0 bridgehead atoms. The molecule has 0 fully saturated rings. The van der Waals surface area contributed by atoms with Crippen LogP contribution < -0.4 is 16.1 Å². The first-order valence-electron chi connectivity index (χ1n) is 8.18. The fourth-order valence-electron chi connectivity index (χ4n) is 2.53. The molecule has 2 heterocycles. The van der Waals surface area contributed by atoms with Gasteiger partial charge in [0.2, 0.25) is 5.95 Å². The fraction of sp³-hybridized carbons (Fsp3) is 0.375. The molecule has 3 rings (SSSR count). The van der Waals surface area contributed by atoms with Crippen molar-refractivity contribution in [3.05, 3.63) is 35.5 Å². The van der Waals surface area contributed by atoms with Crippen LogP contribution in [0, 0.1) is 0 Å². The lowest BCUT2D eigenvalue weighted by atomic mass is 9.79. The molecule has 0 spiro atoms. The molecule has 0 radical (unpaired) electrons. The molecule has 1 unspecified atom stereocenters. The summed E-state index contributed by atoms with van der Waals surface area (Å²) < 4.78 is 44.6. The predicted molar refractivity (Wildman–Crippen MR) is 92.5 cm³/mol. The smallest absolute Gasteiger partial charge is 0.423 e. The number of benzene rings is 1. The second-order valence-corrected chi connectivity index (χ2v) is 6.11. The van der Waals surface area contributed by atoms with Crippen LogP contribution in [0.25, 0.3) is 0 Å². The molecule has 2 aromatic rings. The van der Waals surface area contributed by atoms with Crippen LogP contribution >= 0.6 is 0 Å². The van der Waals surface area contributed by atoms with Crippen LogP contribution in [0.1, 0.15) is 31.4 Å². The summed E-state index contributed by atoms with van der Waals surface area (Å²) in [4.78, 5) is 7.78. The largest absolute Gasteiger partial charge is 0.491 e. The van der Waals surface area contributed by atoms with Crippen molar-refractivity contribution in [1.29, 1.82) is 0 Å². The monoisotopic (exact) mass is 366 g/mol. The number of alkyl halides is 3. The van der Waals surface area contributed by atoms with Crippen molar-refractivity contribution < 1.29 is 22.8 Å². The number of rotatable bonds is 5. The van der Waals surface area contributed by atoms with E-state index >= 15 is 0 Å². The van der Waals surface area contributed by atoms with Crippen molar-refractivity contribution in [2.75, 3.05) is 10.6 Å². The highest BCUT2D eigenvalue weighted by molar-refractivity contribution is 6.61. The first kappa shape index (κ1) is 18.5. The van der Waals surface area contributed by atoms with E-state index in [1.165, 1.54) is 0 Å². The standard InChI is InChI=1S/C16H18BF3N4O2/c1-3-9(2)22-14-12(16(18,19)20)7-21-15(24-14)23-11-4-5-13-10(6-11)8-26-17(13)25/h4-7,9,25H,3,8H2,1-2H3,(H2,21,22,23,24). The molecule has 10 heteroatoms. The highest BCUT2D eigenvalue weighted by Crippen LogP contribution is 2.34. The van der Waals surface area contributed by atoms with Crippen molar-refractivity contribution in [1.82, 2.24) is 9.97 Å². The van der Waals surface area contributed by atoms with Crippen molar-refractivity contribution in [3.63, 3.8) is 0 Å². The van der Waals surface area contributed by atoms with Gasteiger partial charge < -0.3 is 20.3 Å². The second-order valence-electron chi connectivity index (χ2n) is 6.11. The van der Waals surface area contributed by atoms with E-state index in [1.807, 2.05) is 6.92 Å². The summed E-state index contributed by atoms with van der Waals surface area (Å²) in [6, 6.07) is 4.95. The average Bonchev–Trinajstić information content (AvgIpc) is 2.94. The Morgan fingerprint density at radius 2 is 2.15 bits per heavy atom. The number of fused-ring (bicyclic) bond motifs is 1. The van der Waals surface area contributed by atoms with Crippen LogP contribution in [0.2, 0.25) is 0 Å². The lowest BCUT2D eigenvalue weighted by Crippen LogP contribution is -2.27. The van der Waals surface area contributed by atoms with Gasteiger partial charge in [-0.3, -0.25) is 0 Å². The highest BCUT2D eigenvalue weighted by atomic mass is 19.4. The summed E-state index contributed by atoms with van der Waals surface area (Å²) >= 11 is 0. The lowest BCUT2D eigenvalue weighted by Gasteiger charge is -2.18. The molecular weight excluding hydrogens is 348 g/mol. The Morgan fingerprint density at radius 1 is 1.38 bits per heavy atom. The van der Waals surface area contributed by atoms with Gasteiger partial charge in [-0.05, 0) is 36.5 Å². The summed E-state index contributed by atoms with van der Waals surface area (Å²) in [5, 5.41) is 15.3. The molecule has 1 atom stereocenters. The molecule has 1 aliphatic rings. The second kappa shape index (κ2) is 7.12. The van der Waals surface area contributed by atoms with E-state index in [4.69, 9.17) is 4.65 Å². The summed E-state index contributed by atoms with van der Waals surface area (Å²) in [7, 11) is -0.951. The summed E-state index contributed by atoms with van der Waals surface area (Å²) in [6.45, 7) is 3.91. The minimum absolute atomic E-state index is 0.0446. The zero-order chi connectivity index (χ0) is 18.9. The summed E-state index contributed by atoms with van der Waals surface area (Å²) in [5.41, 5.74) is 1.15. The topological polar surface area (TPSA) is 79.3 Å². The van der Waals surface area contributed by atoms with Gasteiger partial charge in [-0.1, -0.05) is 13.0 Å². The maximum atomic E-state index is 13.2. The normalized spacial score (nSPS) is 14.9. The molecule has 26 heavy (non-hydrogen) atoms. The molecular formula is C16H18BF3N4O2. The first-order chi connectivity index (χ1) is 12.3. The van der Waals surface area contributed by atoms with Gasteiger partial charge >= 0.3 is 13.3 Å². The molecule has 0 amide bonds. The van der Waals surface area contributed by atoms with Gasteiger partial charge in [-0.2, -0.15) is 18.2 Å². The predicted octanol–water partition coefficient (Wildman–Crippen LogP) is 2.67. The Bertz CT molecular complexity index is 804. The molecule has 6 nitrogen and oxygen atoms in total. The van der Waals surface area contributed by atoms with Gasteiger partial charge in [0, 0.05) is 17.9 Å². The van der Waals surface area contributed by atoms with Crippen molar-refractivity contribution in [2.45, 2.75) is 39.1 Å². The van der Waals surface area contributed by atoms with Crippen molar-refractivity contribution in [3.8, 4) is 0 Å². The molecule has 1 aromatic carbocycles. The molecule has 1 aromatic heterocycles. The molecule has 3 N–H and O–H groups in total. The average molecular weight is 366 g/mol. The van der Waals surface area contributed by atoms with Gasteiger partial charge in [-0.25, -0.2) is 4.98 Å². The van der Waals surface area contributed by atoms with Crippen LogP contribution in [-0.4, -0.2) is 28.2 Å². The summed E-state index contributed by atoms with van der Waals surface area (Å²) in [6.07, 6.45) is -3.13. The fourth-order valence-corrected chi connectivity index (χ4v) is 2.53. The highest BCUT2D eigenvalue weighted by Gasteiger charge is 2.35. The third-order valence-electron chi connectivity index (χ3n) is 4.15. The minimum Gasteiger partial charge on any atom is -0.423 e. The van der Waals surface area contributed by atoms with E-state index in [2.05, 4.69) is 20.6 Å². The number of nitrogens with zero attached hydrogens (tertiary/aromatic N) is 2. The van der Waals surface area contributed by atoms with Gasteiger partial charge in [0.15, 0.2) is 0 Å². The van der Waals surface area contributed by atoms with Crippen LogP contribution in [-0.2, 0) is 17.4 Å². The Morgan fingerprint density at radius 3 is 2.85 bits per heavy atom. The summed E-state index contributed by atoms with van der Waals surface area (Å²) in [5.74, 6) is -0.215. The molecule has 138 valence electrons. The van der Waals surface area contributed by atoms with E-state index < -0.39 is 18.9 Å². The van der Waals surface area contributed by atoms with Crippen molar-refractivity contribution in [2.24, 2.45) is 0 Å². The molecule has 0 aliphatic carbocycles. The third-order valence-corrected chi connectivity index (χ3v) is 4.15. The van der Waals surface area contributed by atoms with E-state index in [1.54, 1.807) is 25.1 Å². The Labute approximate surface area is 149 Å². The van der Waals surface area contributed by atoms with E-state index in [0.29, 0.717) is 17.6 Å². The van der Waals surface area contributed by atoms with Crippen molar-refractivity contribution >= 4 is 30.0 Å². The number of aromatic nitrogens is 2. The Hall–Kier alpha value is -2.33. The van der Waals surface area contributed by atoms with Crippen LogP contribution in [0.4, 0.5) is 30.6 Å². The first-order valence-corrected chi connectivity index (χ1v) is 8.18. The minimum atomic E-state index is -4.55. The van der Waals surface area contributed by atoms with E-state index in [9.17, 15) is 18.2 Å². The molecule has 0 saturated carbocycles. The van der Waals surface area contributed by atoms with Gasteiger partial charge in [0.1, 0.15) is 11.4 Å². The van der Waals surface area contributed by atoms with Crippen LogP contribution in [0.15, 0.2) is 24.4 Å². The van der Waals surface area contributed by atoms with Gasteiger partial charge in [0.05, 0.1) is 6.61 Å². The molecule has 0 saturated heterocycles. The number of nitrogens with one attached hydrogen (secondary N) is 2. The van der Waals surface area contributed by atoms with Crippen LogP contribution in [0.5, 0.6) is 0 Å². The third kappa shape index (κ3) is 3.91. The maximum Gasteiger partial charge on any atom is 0.491 e. The Kier molecular flexibility index (Phi) is 5.06. The SMILES string of the molecule is CCC(C)Nc1nc(Nc2ccc3c(c2)COB3O)ncc1C(F)(F)F.